The van der Waals surface area contributed by atoms with Crippen LogP contribution in [0.15, 0.2) is 206 Å². The van der Waals surface area contributed by atoms with Crippen molar-refractivity contribution >= 4 is 74.1 Å². The number of benzene rings is 8. The van der Waals surface area contributed by atoms with Crippen molar-refractivity contribution in [3.05, 3.63) is 206 Å². The van der Waals surface area contributed by atoms with Crippen molar-refractivity contribution in [1.82, 2.24) is 9.13 Å². The standard InChI is InChI=1S/C54H34N2S2/c1-3-15-35(16-4-1)37-19-11-21-39(31-37)55-47(45-27-13-25-43-41-23-7-9-29-51(41)57-53(43)45)33-50-49(55)34-48(46-28-14-26-44-42-24-8-10-30-52(42)58-54(44)46)56(50)40-22-12-20-38(32-40)36-17-5-2-6-18-36/h1-34H. The Hall–Kier alpha value is -6.98. The highest BCUT2D eigenvalue weighted by molar-refractivity contribution is 7.26. The third-order valence-electron chi connectivity index (χ3n) is 11.6. The fourth-order valence-corrected chi connectivity index (χ4v) is 11.4. The minimum absolute atomic E-state index is 1.13. The molecular weight excluding hydrogens is 741 g/mol. The summed E-state index contributed by atoms with van der Waals surface area (Å²) in [6.45, 7) is 0. The van der Waals surface area contributed by atoms with Gasteiger partial charge in [-0.2, -0.15) is 0 Å². The molecule has 0 aliphatic heterocycles. The van der Waals surface area contributed by atoms with Crippen LogP contribution in [-0.2, 0) is 0 Å². The molecular formula is C54H34N2S2. The molecule has 0 saturated carbocycles. The molecule has 0 amide bonds. The zero-order valence-corrected chi connectivity index (χ0v) is 33.0. The maximum Gasteiger partial charge on any atom is 0.0724 e. The van der Waals surface area contributed by atoms with Crippen LogP contribution in [0.4, 0.5) is 0 Å². The topological polar surface area (TPSA) is 9.86 Å². The van der Waals surface area contributed by atoms with Crippen molar-refractivity contribution in [3.63, 3.8) is 0 Å². The van der Waals surface area contributed by atoms with Crippen LogP contribution in [0.3, 0.4) is 0 Å². The Morgan fingerprint density at radius 1 is 0.293 bits per heavy atom. The predicted octanol–water partition coefficient (Wildman–Crippen LogP) is 15.8. The molecule has 0 spiro atoms. The first-order valence-electron chi connectivity index (χ1n) is 19.7. The summed E-state index contributed by atoms with van der Waals surface area (Å²) in [4.78, 5) is 0. The zero-order valence-electron chi connectivity index (χ0n) is 31.3. The van der Waals surface area contributed by atoms with Crippen LogP contribution in [-0.4, -0.2) is 9.13 Å². The van der Waals surface area contributed by atoms with Crippen LogP contribution in [0.1, 0.15) is 0 Å². The van der Waals surface area contributed by atoms with Gasteiger partial charge >= 0.3 is 0 Å². The molecule has 0 radical (unpaired) electrons. The highest BCUT2D eigenvalue weighted by Gasteiger charge is 2.24. The molecule has 0 N–H and O–H groups in total. The minimum Gasteiger partial charge on any atom is -0.308 e. The molecule has 0 aliphatic carbocycles. The summed E-state index contributed by atoms with van der Waals surface area (Å²) in [7, 11) is 0. The molecule has 0 atom stereocenters. The SMILES string of the molecule is c1ccc(-c2cccc(-n3c(-c4cccc5c4sc4ccccc45)cc4c3cc(-c3cccc5c3sc3ccccc35)n4-c3cccc(-c4ccccc4)c3)c2)cc1. The van der Waals surface area contributed by atoms with Crippen LogP contribution in [0, 0.1) is 0 Å². The fraction of sp³-hybridized carbons (Fsp3) is 0. The number of thiophene rings is 2. The molecule has 4 aromatic heterocycles. The largest absolute Gasteiger partial charge is 0.308 e. The summed E-state index contributed by atoms with van der Waals surface area (Å²) >= 11 is 3.77. The number of rotatable bonds is 6. The Bertz CT molecular complexity index is 3270. The average molecular weight is 775 g/mol. The zero-order chi connectivity index (χ0) is 38.2. The summed E-state index contributed by atoms with van der Waals surface area (Å²) in [6.07, 6.45) is 0. The van der Waals surface area contributed by atoms with Crippen molar-refractivity contribution < 1.29 is 0 Å². The summed E-state index contributed by atoms with van der Waals surface area (Å²) in [5.41, 5.74) is 14.2. The number of nitrogens with zero attached hydrogens (tertiary/aromatic N) is 2. The van der Waals surface area contributed by atoms with E-state index in [1.165, 1.54) is 85.1 Å². The van der Waals surface area contributed by atoms with Crippen molar-refractivity contribution in [2.24, 2.45) is 0 Å². The predicted molar refractivity (Wildman–Crippen MR) is 250 cm³/mol. The van der Waals surface area contributed by atoms with E-state index in [4.69, 9.17) is 0 Å². The smallest absolute Gasteiger partial charge is 0.0724 e. The maximum atomic E-state index is 2.51. The van der Waals surface area contributed by atoms with Gasteiger partial charge in [-0.3, -0.25) is 0 Å². The molecule has 272 valence electrons. The van der Waals surface area contributed by atoms with Gasteiger partial charge in [0.15, 0.2) is 0 Å². The lowest BCUT2D eigenvalue weighted by molar-refractivity contribution is 1.14. The highest BCUT2D eigenvalue weighted by Crippen LogP contribution is 2.47. The molecule has 4 heteroatoms. The van der Waals surface area contributed by atoms with Gasteiger partial charge in [-0.15, -0.1) is 22.7 Å². The third kappa shape index (κ3) is 5.23. The second-order valence-corrected chi connectivity index (χ2v) is 17.0. The minimum atomic E-state index is 1.13. The monoisotopic (exact) mass is 774 g/mol. The number of hydrogen-bond acceptors (Lipinski definition) is 2. The number of aromatic nitrogens is 2. The van der Waals surface area contributed by atoms with Crippen LogP contribution < -0.4 is 0 Å². The first-order valence-corrected chi connectivity index (χ1v) is 21.3. The number of fused-ring (bicyclic) bond motifs is 7. The fourth-order valence-electron chi connectivity index (χ4n) is 8.91. The van der Waals surface area contributed by atoms with Crippen molar-refractivity contribution in [1.29, 1.82) is 0 Å². The van der Waals surface area contributed by atoms with E-state index in [2.05, 4.69) is 215 Å². The first-order chi connectivity index (χ1) is 28.8. The quantitative estimate of drug-likeness (QED) is 0.159. The molecule has 0 saturated heterocycles. The van der Waals surface area contributed by atoms with Gasteiger partial charge in [0, 0.05) is 62.8 Å². The van der Waals surface area contributed by atoms with E-state index < -0.39 is 0 Å². The highest BCUT2D eigenvalue weighted by atomic mass is 32.1. The second kappa shape index (κ2) is 13.3. The lowest BCUT2D eigenvalue weighted by atomic mass is 10.0. The molecule has 58 heavy (non-hydrogen) atoms. The summed E-state index contributed by atoms with van der Waals surface area (Å²) in [5, 5.41) is 5.20. The molecule has 0 bridgehead atoms. The first kappa shape index (κ1) is 33.2. The van der Waals surface area contributed by atoms with E-state index in [1.807, 2.05) is 22.7 Å². The van der Waals surface area contributed by atoms with Gasteiger partial charge < -0.3 is 9.13 Å². The molecule has 8 aromatic carbocycles. The van der Waals surface area contributed by atoms with Gasteiger partial charge in [0.1, 0.15) is 0 Å². The Kier molecular flexibility index (Phi) is 7.62. The molecule has 12 rings (SSSR count). The number of hydrogen-bond donors (Lipinski definition) is 0. The molecule has 12 aromatic rings. The second-order valence-electron chi connectivity index (χ2n) is 14.9. The van der Waals surface area contributed by atoms with Gasteiger partial charge in [0.2, 0.25) is 0 Å². The molecule has 0 unspecified atom stereocenters. The van der Waals surface area contributed by atoms with E-state index in [0.29, 0.717) is 0 Å². The lowest BCUT2D eigenvalue weighted by Gasteiger charge is -2.14. The average Bonchev–Trinajstić information content (AvgIpc) is 4.06. The van der Waals surface area contributed by atoms with Gasteiger partial charge in [0.25, 0.3) is 0 Å². The molecule has 2 nitrogen and oxygen atoms in total. The van der Waals surface area contributed by atoms with Crippen molar-refractivity contribution in [3.8, 4) is 56.1 Å². The van der Waals surface area contributed by atoms with Crippen LogP contribution in [0.5, 0.6) is 0 Å². The van der Waals surface area contributed by atoms with Gasteiger partial charge in [-0.25, -0.2) is 0 Å². The van der Waals surface area contributed by atoms with Crippen LogP contribution in [0.25, 0.3) is 108 Å². The lowest BCUT2D eigenvalue weighted by Crippen LogP contribution is -1.97. The normalized spacial score (nSPS) is 11.8. The Morgan fingerprint density at radius 3 is 1.14 bits per heavy atom. The van der Waals surface area contributed by atoms with Gasteiger partial charge in [0.05, 0.1) is 22.4 Å². The summed E-state index contributed by atoms with van der Waals surface area (Å²) < 4.78 is 10.2. The van der Waals surface area contributed by atoms with E-state index >= 15 is 0 Å². The molecule has 4 heterocycles. The Morgan fingerprint density at radius 2 is 0.672 bits per heavy atom. The van der Waals surface area contributed by atoms with E-state index in [1.54, 1.807) is 0 Å². The van der Waals surface area contributed by atoms with Crippen LogP contribution in [0.2, 0.25) is 0 Å². The van der Waals surface area contributed by atoms with Gasteiger partial charge in [-0.1, -0.05) is 158 Å². The Labute approximate surface area is 343 Å². The van der Waals surface area contributed by atoms with E-state index in [9.17, 15) is 0 Å². The van der Waals surface area contributed by atoms with Crippen molar-refractivity contribution in [2.75, 3.05) is 0 Å². The Balaban J connectivity index is 1.20. The van der Waals surface area contributed by atoms with Crippen LogP contribution >= 0.6 is 22.7 Å². The van der Waals surface area contributed by atoms with Crippen molar-refractivity contribution in [2.45, 2.75) is 0 Å². The third-order valence-corrected chi connectivity index (χ3v) is 14.0. The summed E-state index contributed by atoms with van der Waals surface area (Å²) in [5.74, 6) is 0. The maximum absolute atomic E-state index is 2.51. The molecule has 0 aliphatic rings. The van der Waals surface area contributed by atoms with E-state index in [-0.39, 0.29) is 0 Å². The van der Waals surface area contributed by atoms with E-state index in [0.717, 1.165) is 22.4 Å². The van der Waals surface area contributed by atoms with Gasteiger partial charge in [-0.05, 0) is 70.8 Å². The summed E-state index contributed by atoms with van der Waals surface area (Å²) in [6, 6.07) is 75.6. The molecule has 0 fully saturated rings.